The number of nitrogen functional groups attached to an aromatic ring is 1. The lowest BCUT2D eigenvalue weighted by atomic mass is 10.2. The maximum atomic E-state index is 12.1. The zero-order valence-electron chi connectivity index (χ0n) is 11.0. The first-order valence-corrected chi connectivity index (χ1v) is 6.71. The van der Waals surface area contributed by atoms with Crippen molar-refractivity contribution in [1.82, 2.24) is 9.78 Å². The van der Waals surface area contributed by atoms with Crippen LogP contribution in [0, 0.1) is 6.92 Å². The molecule has 0 fully saturated rings. The van der Waals surface area contributed by atoms with E-state index in [1.165, 1.54) is 4.68 Å². The summed E-state index contributed by atoms with van der Waals surface area (Å²) in [6, 6.07) is 4.43. The minimum Gasteiger partial charge on any atom is -0.397 e. The molecule has 0 aliphatic heterocycles. The quantitative estimate of drug-likeness (QED) is 0.854. The van der Waals surface area contributed by atoms with E-state index in [1.54, 1.807) is 38.2 Å². The van der Waals surface area contributed by atoms with E-state index in [0.29, 0.717) is 27.1 Å². The number of aryl methyl sites for hydroxylation is 1. The van der Waals surface area contributed by atoms with Crippen molar-refractivity contribution in [2.24, 2.45) is 0 Å². The molecule has 20 heavy (non-hydrogen) atoms. The Morgan fingerprint density at radius 3 is 2.65 bits per heavy atom. The van der Waals surface area contributed by atoms with E-state index in [2.05, 4.69) is 10.4 Å². The Hall–Kier alpha value is -1.72. The molecule has 0 spiro atoms. The number of nitrogens with zero attached hydrogens (tertiary/aromatic N) is 2. The zero-order valence-corrected chi connectivity index (χ0v) is 12.5. The minimum absolute atomic E-state index is 0.217. The molecule has 2 rings (SSSR count). The average molecular weight is 313 g/mol. The second-order valence-corrected chi connectivity index (χ2v) is 5.26. The summed E-state index contributed by atoms with van der Waals surface area (Å²) in [6.45, 7) is 3.51. The summed E-state index contributed by atoms with van der Waals surface area (Å²) in [7, 11) is 0. The van der Waals surface area contributed by atoms with Gasteiger partial charge in [0.15, 0.2) is 0 Å². The molecule has 1 aromatic carbocycles. The fourth-order valence-corrected chi connectivity index (χ4v) is 1.90. The Labute approximate surface area is 126 Å². The second kappa shape index (κ2) is 5.73. The van der Waals surface area contributed by atoms with Gasteiger partial charge in [0.25, 0.3) is 0 Å². The number of nitrogens with two attached hydrogens (primary N) is 1. The van der Waals surface area contributed by atoms with Gasteiger partial charge in [-0.2, -0.15) is 5.10 Å². The molecule has 2 aromatic rings. The van der Waals surface area contributed by atoms with Crippen LogP contribution in [0.15, 0.2) is 24.4 Å². The van der Waals surface area contributed by atoms with Crippen LogP contribution in [0.25, 0.3) is 0 Å². The third kappa shape index (κ3) is 3.05. The lowest BCUT2D eigenvalue weighted by molar-refractivity contribution is -0.119. The van der Waals surface area contributed by atoms with Gasteiger partial charge in [0.1, 0.15) is 6.04 Å². The maximum absolute atomic E-state index is 12.1. The molecule has 0 radical (unpaired) electrons. The predicted molar refractivity (Wildman–Crippen MR) is 81.2 cm³/mol. The van der Waals surface area contributed by atoms with Crippen LogP contribution in [-0.2, 0) is 4.79 Å². The van der Waals surface area contributed by atoms with Gasteiger partial charge < -0.3 is 11.1 Å². The van der Waals surface area contributed by atoms with Gasteiger partial charge in [-0.25, -0.2) is 0 Å². The van der Waals surface area contributed by atoms with Crippen LogP contribution in [0.5, 0.6) is 0 Å². The number of anilines is 2. The topological polar surface area (TPSA) is 72.9 Å². The normalized spacial score (nSPS) is 12.2. The van der Waals surface area contributed by atoms with Crippen LogP contribution < -0.4 is 11.1 Å². The maximum Gasteiger partial charge on any atom is 0.248 e. The molecule has 3 N–H and O–H groups in total. The van der Waals surface area contributed by atoms with E-state index in [9.17, 15) is 4.79 Å². The van der Waals surface area contributed by atoms with Gasteiger partial charge in [-0.05, 0) is 32.0 Å². The van der Waals surface area contributed by atoms with Crippen LogP contribution in [0.4, 0.5) is 11.4 Å². The van der Waals surface area contributed by atoms with E-state index in [1.807, 2.05) is 0 Å². The molecule has 0 bridgehead atoms. The highest BCUT2D eigenvalue weighted by atomic mass is 35.5. The number of rotatable bonds is 3. The van der Waals surface area contributed by atoms with Gasteiger partial charge in [0.2, 0.25) is 5.91 Å². The highest BCUT2D eigenvalue weighted by molar-refractivity contribution is 6.33. The number of carbonyl (C=O) groups is 1. The van der Waals surface area contributed by atoms with Crippen LogP contribution in [-0.4, -0.2) is 15.7 Å². The standard InChI is InChI=1S/C13H14Cl2N4O/c1-7-11(15)6-19(18-7)8(2)13(20)17-9-3-4-10(14)12(16)5-9/h3-6,8H,16H2,1-2H3,(H,17,20). The Balaban J connectivity index is 2.13. The van der Waals surface area contributed by atoms with Crippen LogP contribution in [0.2, 0.25) is 10.0 Å². The summed E-state index contributed by atoms with van der Waals surface area (Å²) < 4.78 is 1.52. The van der Waals surface area contributed by atoms with Crippen LogP contribution in [0.3, 0.4) is 0 Å². The molecule has 0 saturated carbocycles. The first-order chi connectivity index (χ1) is 9.38. The van der Waals surface area contributed by atoms with Crippen LogP contribution >= 0.6 is 23.2 Å². The number of benzene rings is 1. The molecule has 106 valence electrons. The second-order valence-electron chi connectivity index (χ2n) is 4.44. The minimum atomic E-state index is -0.488. The molecule has 1 amide bonds. The number of carbonyl (C=O) groups excluding carboxylic acids is 1. The first-order valence-electron chi connectivity index (χ1n) is 5.95. The zero-order chi connectivity index (χ0) is 14.9. The van der Waals surface area contributed by atoms with Crippen molar-refractivity contribution in [3.63, 3.8) is 0 Å². The van der Waals surface area contributed by atoms with Gasteiger partial charge in [0.05, 0.1) is 21.4 Å². The lowest BCUT2D eigenvalue weighted by Crippen LogP contribution is -2.24. The van der Waals surface area contributed by atoms with E-state index < -0.39 is 6.04 Å². The van der Waals surface area contributed by atoms with Crippen LogP contribution in [0.1, 0.15) is 18.7 Å². The highest BCUT2D eigenvalue weighted by Gasteiger charge is 2.17. The molecule has 1 aromatic heterocycles. The summed E-state index contributed by atoms with van der Waals surface area (Å²) in [5.74, 6) is -0.217. The Morgan fingerprint density at radius 1 is 1.40 bits per heavy atom. The Kier molecular flexibility index (Phi) is 4.20. The number of amides is 1. The van der Waals surface area contributed by atoms with E-state index in [-0.39, 0.29) is 5.91 Å². The predicted octanol–water partition coefficient (Wildman–Crippen LogP) is 3.28. The fraction of sp³-hybridized carbons (Fsp3) is 0.231. The summed E-state index contributed by atoms with van der Waals surface area (Å²) >= 11 is 11.8. The Bertz CT molecular complexity index is 634. The average Bonchev–Trinajstić information content (AvgIpc) is 2.73. The number of hydrogen-bond donors (Lipinski definition) is 2. The molecule has 5 nitrogen and oxygen atoms in total. The van der Waals surface area contributed by atoms with Crippen molar-refractivity contribution in [1.29, 1.82) is 0 Å². The third-order valence-corrected chi connectivity index (χ3v) is 3.61. The molecule has 1 unspecified atom stereocenters. The summed E-state index contributed by atoms with van der Waals surface area (Å²) in [6.07, 6.45) is 1.62. The summed E-state index contributed by atoms with van der Waals surface area (Å²) in [5.41, 5.74) is 7.37. The smallest absolute Gasteiger partial charge is 0.248 e. The van der Waals surface area contributed by atoms with Gasteiger partial charge in [-0.15, -0.1) is 0 Å². The van der Waals surface area contributed by atoms with Gasteiger partial charge >= 0.3 is 0 Å². The van der Waals surface area contributed by atoms with Crippen molar-refractivity contribution >= 4 is 40.5 Å². The molecular weight excluding hydrogens is 299 g/mol. The third-order valence-electron chi connectivity index (χ3n) is 2.90. The fourth-order valence-electron chi connectivity index (χ4n) is 1.65. The summed E-state index contributed by atoms with van der Waals surface area (Å²) in [4.78, 5) is 12.1. The molecule has 0 aliphatic carbocycles. The van der Waals surface area contributed by atoms with E-state index in [0.717, 1.165) is 0 Å². The van der Waals surface area contributed by atoms with Crippen molar-refractivity contribution in [3.05, 3.63) is 40.1 Å². The lowest BCUT2D eigenvalue weighted by Gasteiger charge is -2.13. The number of aromatic nitrogens is 2. The van der Waals surface area contributed by atoms with E-state index in [4.69, 9.17) is 28.9 Å². The summed E-state index contributed by atoms with van der Waals surface area (Å²) in [5, 5.41) is 7.92. The molecule has 0 saturated heterocycles. The van der Waals surface area contributed by atoms with E-state index >= 15 is 0 Å². The largest absolute Gasteiger partial charge is 0.397 e. The molecular formula is C13H14Cl2N4O. The van der Waals surface area contributed by atoms with Crippen molar-refractivity contribution in [2.45, 2.75) is 19.9 Å². The SMILES string of the molecule is Cc1nn(C(C)C(=O)Nc2ccc(Cl)c(N)c2)cc1Cl. The Morgan fingerprint density at radius 2 is 2.10 bits per heavy atom. The van der Waals surface area contributed by atoms with Gasteiger partial charge in [0, 0.05) is 11.9 Å². The number of halogens is 2. The molecule has 1 heterocycles. The number of nitrogens with one attached hydrogen (secondary N) is 1. The van der Waals surface area contributed by atoms with Crippen molar-refractivity contribution in [2.75, 3.05) is 11.1 Å². The molecule has 7 heteroatoms. The number of hydrogen-bond acceptors (Lipinski definition) is 3. The van der Waals surface area contributed by atoms with Crippen molar-refractivity contribution in [3.8, 4) is 0 Å². The first kappa shape index (κ1) is 14.7. The van der Waals surface area contributed by atoms with Gasteiger partial charge in [-0.3, -0.25) is 9.48 Å². The molecule has 1 atom stereocenters. The molecule has 0 aliphatic rings. The van der Waals surface area contributed by atoms with Gasteiger partial charge in [-0.1, -0.05) is 23.2 Å². The monoisotopic (exact) mass is 312 g/mol. The highest BCUT2D eigenvalue weighted by Crippen LogP contribution is 2.23. The van der Waals surface area contributed by atoms with Crippen molar-refractivity contribution < 1.29 is 4.79 Å².